The first-order chi connectivity index (χ1) is 15.0. The fourth-order valence-electron chi connectivity index (χ4n) is 3.44. The molecule has 1 fully saturated rings. The molecule has 168 valence electrons. The molecule has 0 saturated carbocycles. The van der Waals surface area contributed by atoms with Crippen molar-refractivity contribution in [3.8, 4) is 0 Å². The van der Waals surface area contributed by atoms with E-state index in [0.29, 0.717) is 12.2 Å². The fraction of sp³-hybridized carbons (Fsp3) is 0.478. The maximum absolute atomic E-state index is 12.2. The Bertz CT molecular complexity index is 858. The van der Waals surface area contributed by atoms with Gasteiger partial charge in [0.25, 0.3) is 5.91 Å². The molecule has 1 aromatic heterocycles. The van der Waals surface area contributed by atoms with E-state index in [-0.39, 0.29) is 17.2 Å². The summed E-state index contributed by atoms with van der Waals surface area (Å²) < 4.78 is 10.6. The molecule has 3 N–H and O–H groups in total. The first-order valence-electron chi connectivity index (χ1n) is 10.8. The maximum Gasteiger partial charge on any atom is 0.291 e. The number of nitrogens with one attached hydrogen (secondary N) is 3. The van der Waals surface area contributed by atoms with Crippen LogP contribution in [0.4, 0.5) is 5.69 Å². The van der Waals surface area contributed by atoms with Crippen molar-refractivity contribution < 1.29 is 13.9 Å². The molecule has 1 saturated heterocycles. The number of carbonyl (C=O) groups excluding carboxylic acids is 1. The van der Waals surface area contributed by atoms with Crippen LogP contribution in [-0.4, -0.2) is 61.7 Å². The van der Waals surface area contributed by atoms with Crippen LogP contribution < -0.4 is 16.0 Å². The highest BCUT2D eigenvalue weighted by Gasteiger charge is 2.28. The zero-order valence-electron chi connectivity index (χ0n) is 18.6. The predicted molar refractivity (Wildman–Crippen MR) is 122 cm³/mol. The summed E-state index contributed by atoms with van der Waals surface area (Å²) in [7, 11) is 0. The van der Waals surface area contributed by atoms with Crippen LogP contribution in [0.15, 0.2) is 52.1 Å². The third-order valence-corrected chi connectivity index (χ3v) is 5.25. The zero-order chi connectivity index (χ0) is 22.1. The predicted octanol–water partition coefficient (Wildman–Crippen LogP) is 2.70. The Kier molecular flexibility index (Phi) is 8.08. The maximum atomic E-state index is 12.2. The second-order valence-corrected chi connectivity index (χ2v) is 8.09. The topological polar surface area (TPSA) is 91.1 Å². The Balaban J connectivity index is 1.58. The van der Waals surface area contributed by atoms with Gasteiger partial charge in [-0.25, -0.2) is 4.99 Å². The summed E-state index contributed by atoms with van der Waals surface area (Å²) in [6, 6.07) is 11.0. The molecule has 0 atom stereocenters. The SMILES string of the molecule is CCNC(=NCc1cccc(NC(=O)c2ccco2)c1)NCC(C)(C)N1CCOCC1. The highest BCUT2D eigenvalue weighted by molar-refractivity contribution is 6.02. The second kappa shape index (κ2) is 11.0. The van der Waals surface area contributed by atoms with E-state index < -0.39 is 0 Å². The highest BCUT2D eigenvalue weighted by atomic mass is 16.5. The Labute approximate surface area is 184 Å². The Morgan fingerprint density at radius 1 is 1.16 bits per heavy atom. The van der Waals surface area contributed by atoms with Crippen LogP contribution in [0.1, 0.15) is 36.9 Å². The first kappa shape index (κ1) is 22.8. The van der Waals surface area contributed by atoms with Gasteiger partial charge in [-0.05, 0) is 50.6 Å². The zero-order valence-corrected chi connectivity index (χ0v) is 18.6. The van der Waals surface area contributed by atoms with Crippen molar-refractivity contribution in [2.75, 3.05) is 44.7 Å². The molecule has 3 rings (SSSR count). The van der Waals surface area contributed by atoms with Gasteiger partial charge >= 0.3 is 0 Å². The van der Waals surface area contributed by atoms with E-state index in [2.05, 4.69) is 41.6 Å². The number of morpholine rings is 1. The molecule has 2 heterocycles. The van der Waals surface area contributed by atoms with E-state index in [1.54, 1.807) is 12.1 Å². The molecule has 2 aromatic rings. The van der Waals surface area contributed by atoms with Gasteiger partial charge in [0.05, 0.1) is 26.0 Å². The number of furan rings is 1. The van der Waals surface area contributed by atoms with Crippen molar-refractivity contribution in [1.82, 2.24) is 15.5 Å². The summed E-state index contributed by atoms with van der Waals surface area (Å²) in [5, 5.41) is 9.63. The number of amides is 1. The quantitative estimate of drug-likeness (QED) is 0.443. The minimum Gasteiger partial charge on any atom is -0.459 e. The molecular formula is C23H33N5O3. The number of hydrogen-bond donors (Lipinski definition) is 3. The standard InChI is InChI=1S/C23H33N5O3/c1-4-24-22(26-17-23(2,3)28-10-13-30-14-11-28)25-16-18-7-5-8-19(15-18)27-21(29)20-9-6-12-31-20/h5-9,12,15H,4,10-11,13-14,16-17H2,1-3H3,(H,27,29)(H2,24,25,26). The number of hydrogen-bond acceptors (Lipinski definition) is 5. The van der Waals surface area contributed by atoms with Gasteiger partial charge < -0.3 is 25.1 Å². The van der Waals surface area contributed by atoms with Gasteiger partial charge in [0, 0.05) is 37.4 Å². The smallest absolute Gasteiger partial charge is 0.291 e. The third-order valence-electron chi connectivity index (χ3n) is 5.25. The molecule has 8 nitrogen and oxygen atoms in total. The van der Waals surface area contributed by atoms with E-state index in [1.165, 1.54) is 6.26 Å². The third kappa shape index (κ3) is 6.83. The lowest BCUT2D eigenvalue weighted by atomic mass is 10.0. The van der Waals surface area contributed by atoms with Gasteiger partial charge in [-0.2, -0.15) is 0 Å². The largest absolute Gasteiger partial charge is 0.459 e. The van der Waals surface area contributed by atoms with Crippen LogP contribution in [0.2, 0.25) is 0 Å². The number of guanidine groups is 1. The van der Waals surface area contributed by atoms with E-state index in [0.717, 1.165) is 50.9 Å². The van der Waals surface area contributed by atoms with Gasteiger partial charge in [0.15, 0.2) is 11.7 Å². The summed E-state index contributed by atoms with van der Waals surface area (Å²) in [6.07, 6.45) is 1.48. The molecule has 31 heavy (non-hydrogen) atoms. The Hall–Kier alpha value is -2.84. The lowest BCUT2D eigenvalue weighted by Crippen LogP contribution is -2.56. The van der Waals surface area contributed by atoms with Gasteiger partial charge in [0.2, 0.25) is 0 Å². The van der Waals surface area contributed by atoms with E-state index in [1.807, 2.05) is 24.3 Å². The molecular weight excluding hydrogens is 394 g/mol. The number of ether oxygens (including phenoxy) is 1. The summed E-state index contributed by atoms with van der Waals surface area (Å²) in [5.41, 5.74) is 1.71. The molecule has 0 aliphatic carbocycles. The normalized spacial score (nSPS) is 15.5. The number of aliphatic imine (C=N–C) groups is 1. The van der Waals surface area contributed by atoms with Crippen molar-refractivity contribution in [3.05, 3.63) is 54.0 Å². The summed E-state index contributed by atoms with van der Waals surface area (Å²) in [5.74, 6) is 0.782. The van der Waals surface area contributed by atoms with Crippen molar-refractivity contribution in [3.63, 3.8) is 0 Å². The van der Waals surface area contributed by atoms with Crippen LogP contribution in [0.3, 0.4) is 0 Å². The fourth-order valence-corrected chi connectivity index (χ4v) is 3.44. The number of anilines is 1. The van der Waals surface area contributed by atoms with Crippen LogP contribution >= 0.6 is 0 Å². The number of rotatable bonds is 8. The minimum absolute atomic E-state index is 0.00395. The number of benzene rings is 1. The molecule has 1 amide bonds. The highest BCUT2D eigenvalue weighted by Crippen LogP contribution is 2.16. The van der Waals surface area contributed by atoms with Crippen LogP contribution in [0, 0.1) is 0 Å². The summed E-state index contributed by atoms with van der Waals surface area (Å²) in [6.45, 7) is 12.0. The van der Waals surface area contributed by atoms with Crippen molar-refractivity contribution in [1.29, 1.82) is 0 Å². The van der Waals surface area contributed by atoms with Crippen molar-refractivity contribution in [2.45, 2.75) is 32.9 Å². The monoisotopic (exact) mass is 427 g/mol. The average molecular weight is 428 g/mol. The van der Waals surface area contributed by atoms with E-state index in [9.17, 15) is 4.79 Å². The van der Waals surface area contributed by atoms with Crippen molar-refractivity contribution in [2.24, 2.45) is 4.99 Å². The molecule has 1 aromatic carbocycles. The van der Waals surface area contributed by atoms with Gasteiger partial charge in [-0.1, -0.05) is 12.1 Å². The molecule has 0 radical (unpaired) electrons. The lowest BCUT2D eigenvalue weighted by Gasteiger charge is -2.41. The Morgan fingerprint density at radius 2 is 1.97 bits per heavy atom. The molecule has 1 aliphatic heterocycles. The number of nitrogens with zero attached hydrogens (tertiary/aromatic N) is 2. The van der Waals surface area contributed by atoms with Crippen molar-refractivity contribution >= 4 is 17.6 Å². The van der Waals surface area contributed by atoms with Crippen LogP contribution in [-0.2, 0) is 11.3 Å². The average Bonchev–Trinajstić information content (AvgIpc) is 3.32. The van der Waals surface area contributed by atoms with Gasteiger partial charge in [-0.15, -0.1) is 0 Å². The second-order valence-electron chi connectivity index (χ2n) is 8.09. The Morgan fingerprint density at radius 3 is 2.68 bits per heavy atom. The molecule has 8 heteroatoms. The lowest BCUT2D eigenvalue weighted by molar-refractivity contribution is -0.00834. The minimum atomic E-state index is -0.272. The summed E-state index contributed by atoms with van der Waals surface area (Å²) in [4.78, 5) is 19.3. The molecule has 0 unspecified atom stereocenters. The van der Waals surface area contributed by atoms with Gasteiger partial charge in [-0.3, -0.25) is 9.69 Å². The van der Waals surface area contributed by atoms with Crippen LogP contribution in [0.25, 0.3) is 0 Å². The summed E-state index contributed by atoms with van der Waals surface area (Å²) >= 11 is 0. The van der Waals surface area contributed by atoms with Gasteiger partial charge in [0.1, 0.15) is 0 Å². The molecule has 1 aliphatic rings. The first-order valence-corrected chi connectivity index (χ1v) is 10.8. The number of carbonyl (C=O) groups is 1. The molecule has 0 spiro atoms. The van der Waals surface area contributed by atoms with Crippen LogP contribution in [0.5, 0.6) is 0 Å². The molecule has 0 bridgehead atoms. The van der Waals surface area contributed by atoms with E-state index in [4.69, 9.17) is 14.1 Å². The van der Waals surface area contributed by atoms with E-state index >= 15 is 0 Å².